The van der Waals surface area contributed by atoms with Gasteiger partial charge in [-0.15, -0.1) is 10.2 Å². The molecule has 29 heavy (non-hydrogen) atoms. The minimum atomic E-state index is 0.0116. The smallest absolute Gasteiger partial charge is 0.260 e. The van der Waals surface area contributed by atoms with E-state index in [0.29, 0.717) is 18.9 Å². The first-order valence-corrected chi connectivity index (χ1v) is 9.99. The number of anilines is 1. The number of hydrogen-bond acceptors (Lipinski definition) is 6. The molecule has 0 saturated carbocycles. The molecule has 1 aliphatic heterocycles. The summed E-state index contributed by atoms with van der Waals surface area (Å²) in [4.78, 5) is 21.3. The summed E-state index contributed by atoms with van der Waals surface area (Å²) in [5.41, 5.74) is 2.10. The molecule has 0 radical (unpaired) electrons. The van der Waals surface area contributed by atoms with Crippen molar-refractivity contribution in [3.05, 3.63) is 47.4 Å². The van der Waals surface area contributed by atoms with Crippen LogP contribution in [0.25, 0.3) is 5.78 Å². The van der Waals surface area contributed by atoms with Crippen molar-refractivity contribution < 1.29 is 9.53 Å². The summed E-state index contributed by atoms with van der Waals surface area (Å²) in [5.74, 6) is 3.20. The highest BCUT2D eigenvalue weighted by atomic mass is 16.5. The maximum absolute atomic E-state index is 12.5. The minimum absolute atomic E-state index is 0.0116. The van der Waals surface area contributed by atoms with E-state index in [4.69, 9.17) is 4.74 Å². The summed E-state index contributed by atoms with van der Waals surface area (Å²) in [6.45, 7) is 8.90. The van der Waals surface area contributed by atoms with Gasteiger partial charge >= 0.3 is 0 Å². The van der Waals surface area contributed by atoms with Gasteiger partial charge in [-0.3, -0.25) is 9.20 Å². The van der Waals surface area contributed by atoms with Crippen molar-refractivity contribution >= 4 is 17.5 Å². The molecule has 1 aromatic carbocycles. The standard InChI is InChI=1S/C21H26N6O2/c1-4-18-23-24-21-22-19(13-16(3)27(18)21)25-9-11-26(12-10-25)20(28)14-29-17-8-6-5-7-15(17)2/h5-8,13H,4,9-12,14H2,1-3H3. The number of piperazine rings is 1. The highest BCUT2D eigenvalue weighted by molar-refractivity contribution is 5.78. The zero-order valence-corrected chi connectivity index (χ0v) is 17.1. The molecular weight excluding hydrogens is 368 g/mol. The number of rotatable bonds is 5. The third-order valence-electron chi connectivity index (χ3n) is 5.34. The van der Waals surface area contributed by atoms with E-state index in [9.17, 15) is 4.79 Å². The van der Waals surface area contributed by atoms with Crippen molar-refractivity contribution in [3.63, 3.8) is 0 Å². The molecule has 1 aliphatic rings. The SMILES string of the molecule is CCc1nnc2nc(N3CCN(C(=O)COc4ccccc4C)CC3)cc(C)n12. The van der Waals surface area contributed by atoms with Gasteiger partial charge < -0.3 is 14.5 Å². The number of carbonyl (C=O) groups excluding carboxylic acids is 1. The van der Waals surface area contributed by atoms with Crippen LogP contribution in [-0.2, 0) is 11.2 Å². The van der Waals surface area contributed by atoms with E-state index in [1.807, 2.05) is 47.4 Å². The number of nitrogens with zero attached hydrogens (tertiary/aromatic N) is 6. The Kier molecular flexibility index (Phi) is 5.33. The molecule has 3 heterocycles. The molecular formula is C21H26N6O2. The van der Waals surface area contributed by atoms with Crippen LogP contribution in [0.4, 0.5) is 5.82 Å². The average Bonchev–Trinajstić information content (AvgIpc) is 3.17. The number of para-hydroxylation sites is 1. The zero-order valence-electron chi connectivity index (χ0n) is 17.1. The summed E-state index contributed by atoms with van der Waals surface area (Å²) in [6.07, 6.45) is 0.814. The molecule has 0 aliphatic carbocycles. The Hall–Kier alpha value is -3.16. The molecule has 8 nitrogen and oxygen atoms in total. The van der Waals surface area contributed by atoms with Crippen LogP contribution in [-0.4, -0.2) is 63.2 Å². The number of hydrogen-bond donors (Lipinski definition) is 0. The Morgan fingerprint density at radius 2 is 1.86 bits per heavy atom. The maximum atomic E-state index is 12.5. The van der Waals surface area contributed by atoms with Gasteiger partial charge in [-0.05, 0) is 25.5 Å². The van der Waals surface area contributed by atoms with Crippen molar-refractivity contribution in [3.8, 4) is 5.75 Å². The van der Waals surface area contributed by atoms with Crippen LogP contribution < -0.4 is 9.64 Å². The normalized spacial score (nSPS) is 14.4. The summed E-state index contributed by atoms with van der Waals surface area (Å²) in [7, 11) is 0. The Balaban J connectivity index is 1.37. The van der Waals surface area contributed by atoms with E-state index >= 15 is 0 Å². The topological polar surface area (TPSA) is 75.9 Å². The predicted molar refractivity (Wildman–Crippen MR) is 110 cm³/mol. The Labute approximate surface area is 170 Å². The Morgan fingerprint density at radius 1 is 1.10 bits per heavy atom. The molecule has 0 bridgehead atoms. The molecule has 8 heteroatoms. The van der Waals surface area contributed by atoms with Crippen molar-refractivity contribution in [2.75, 3.05) is 37.7 Å². The summed E-state index contributed by atoms with van der Waals surface area (Å²) >= 11 is 0. The van der Waals surface area contributed by atoms with Crippen molar-refractivity contribution in [2.24, 2.45) is 0 Å². The van der Waals surface area contributed by atoms with Gasteiger partial charge in [-0.1, -0.05) is 25.1 Å². The quantitative estimate of drug-likeness (QED) is 0.659. The van der Waals surface area contributed by atoms with Gasteiger partial charge in [0.25, 0.3) is 11.7 Å². The molecule has 1 amide bonds. The van der Waals surface area contributed by atoms with Crippen molar-refractivity contribution in [1.29, 1.82) is 0 Å². The number of benzene rings is 1. The first-order valence-electron chi connectivity index (χ1n) is 9.99. The van der Waals surface area contributed by atoms with Gasteiger partial charge in [0.05, 0.1) is 0 Å². The summed E-state index contributed by atoms with van der Waals surface area (Å²) in [6, 6.07) is 9.80. The van der Waals surface area contributed by atoms with E-state index in [-0.39, 0.29) is 12.5 Å². The number of ether oxygens (including phenoxy) is 1. The van der Waals surface area contributed by atoms with Gasteiger partial charge in [0, 0.05) is 44.4 Å². The molecule has 1 saturated heterocycles. The van der Waals surface area contributed by atoms with Crippen LogP contribution in [0.2, 0.25) is 0 Å². The molecule has 1 fully saturated rings. The van der Waals surface area contributed by atoms with Crippen LogP contribution in [0, 0.1) is 13.8 Å². The number of aromatic nitrogens is 4. The molecule has 0 atom stereocenters. The Morgan fingerprint density at radius 3 is 2.59 bits per heavy atom. The van der Waals surface area contributed by atoms with E-state index < -0.39 is 0 Å². The van der Waals surface area contributed by atoms with Gasteiger partial charge in [0.1, 0.15) is 17.4 Å². The van der Waals surface area contributed by atoms with Crippen LogP contribution in [0.15, 0.2) is 30.3 Å². The van der Waals surface area contributed by atoms with Crippen LogP contribution in [0.1, 0.15) is 24.0 Å². The van der Waals surface area contributed by atoms with Crippen molar-refractivity contribution in [1.82, 2.24) is 24.5 Å². The second kappa shape index (κ2) is 8.06. The third-order valence-corrected chi connectivity index (χ3v) is 5.34. The molecule has 0 unspecified atom stereocenters. The van der Waals surface area contributed by atoms with E-state index in [1.165, 1.54) is 0 Å². The molecule has 152 valence electrons. The highest BCUT2D eigenvalue weighted by Crippen LogP contribution is 2.19. The molecule has 2 aromatic heterocycles. The minimum Gasteiger partial charge on any atom is -0.484 e. The van der Waals surface area contributed by atoms with E-state index in [1.54, 1.807) is 0 Å². The lowest BCUT2D eigenvalue weighted by molar-refractivity contribution is -0.133. The second-order valence-electron chi connectivity index (χ2n) is 7.28. The third kappa shape index (κ3) is 3.87. The van der Waals surface area contributed by atoms with Crippen LogP contribution in [0.5, 0.6) is 5.75 Å². The molecule has 3 aromatic rings. The first-order chi connectivity index (χ1) is 14.1. The van der Waals surface area contributed by atoms with Crippen LogP contribution >= 0.6 is 0 Å². The molecule has 0 spiro atoms. The molecule has 4 rings (SSSR count). The lowest BCUT2D eigenvalue weighted by Crippen LogP contribution is -2.50. The first kappa shape index (κ1) is 19.2. The molecule has 0 N–H and O–H groups in total. The highest BCUT2D eigenvalue weighted by Gasteiger charge is 2.23. The number of carbonyl (C=O) groups is 1. The fourth-order valence-corrected chi connectivity index (χ4v) is 3.65. The van der Waals surface area contributed by atoms with E-state index in [0.717, 1.165) is 48.2 Å². The largest absolute Gasteiger partial charge is 0.484 e. The second-order valence-corrected chi connectivity index (χ2v) is 7.28. The number of aryl methyl sites for hydroxylation is 3. The van der Waals surface area contributed by atoms with Crippen LogP contribution in [0.3, 0.4) is 0 Å². The monoisotopic (exact) mass is 394 g/mol. The lowest BCUT2D eigenvalue weighted by atomic mass is 10.2. The van der Waals surface area contributed by atoms with Gasteiger partial charge in [0.15, 0.2) is 6.61 Å². The van der Waals surface area contributed by atoms with Gasteiger partial charge in [0.2, 0.25) is 0 Å². The predicted octanol–water partition coefficient (Wildman–Crippen LogP) is 2.03. The number of fused-ring (bicyclic) bond motifs is 1. The fraction of sp³-hybridized carbons (Fsp3) is 0.429. The zero-order chi connectivity index (χ0) is 20.4. The lowest BCUT2D eigenvalue weighted by Gasteiger charge is -2.35. The summed E-state index contributed by atoms with van der Waals surface area (Å²) < 4.78 is 7.70. The fourth-order valence-electron chi connectivity index (χ4n) is 3.65. The van der Waals surface area contributed by atoms with E-state index in [2.05, 4.69) is 33.1 Å². The van der Waals surface area contributed by atoms with Crippen molar-refractivity contribution in [2.45, 2.75) is 27.2 Å². The Bertz CT molecular complexity index is 1020. The average molecular weight is 394 g/mol. The number of amides is 1. The summed E-state index contributed by atoms with van der Waals surface area (Å²) in [5, 5.41) is 8.42. The maximum Gasteiger partial charge on any atom is 0.260 e. The van der Waals surface area contributed by atoms with Gasteiger partial charge in [-0.2, -0.15) is 4.98 Å². The van der Waals surface area contributed by atoms with Gasteiger partial charge in [-0.25, -0.2) is 0 Å².